The summed E-state index contributed by atoms with van der Waals surface area (Å²) in [5, 5.41) is 1.20. The van der Waals surface area contributed by atoms with Crippen LogP contribution in [0.15, 0.2) is 60.0 Å². The Balaban J connectivity index is 2.01. The molecule has 27 heavy (non-hydrogen) atoms. The Morgan fingerprint density at radius 1 is 1.11 bits per heavy atom. The molecule has 1 heterocycles. The summed E-state index contributed by atoms with van der Waals surface area (Å²) in [5.41, 5.74) is 2.22. The number of carbonyl (C=O) groups is 1. The van der Waals surface area contributed by atoms with Gasteiger partial charge in [-0.2, -0.15) is 0 Å². The summed E-state index contributed by atoms with van der Waals surface area (Å²) in [5.74, 6) is 0.358. The van der Waals surface area contributed by atoms with E-state index >= 15 is 0 Å². The monoisotopic (exact) mass is 385 g/mol. The van der Waals surface area contributed by atoms with E-state index in [1.165, 1.54) is 5.41 Å². The van der Waals surface area contributed by atoms with Crippen LogP contribution in [0.25, 0.3) is 0 Å². The van der Waals surface area contributed by atoms with E-state index in [0.717, 1.165) is 17.7 Å². The van der Waals surface area contributed by atoms with E-state index in [9.17, 15) is 13.2 Å². The molecule has 0 spiro atoms. The topological polar surface area (TPSA) is 63.7 Å². The number of anilines is 1. The van der Waals surface area contributed by atoms with E-state index in [1.807, 2.05) is 38.1 Å². The van der Waals surface area contributed by atoms with Crippen LogP contribution in [0, 0.1) is 0 Å². The number of benzene rings is 2. The lowest BCUT2D eigenvalue weighted by atomic mass is 10.1. The molecule has 2 aromatic carbocycles. The molecule has 1 aliphatic heterocycles. The molecule has 1 aliphatic rings. The molecular formula is C21H23NO4S. The summed E-state index contributed by atoms with van der Waals surface area (Å²) < 4.78 is 29.4. The van der Waals surface area contributed by atoms with Crippen LogP contribution in [-0.2, 0) is 16.3 Å². The van der Waals surface area contributed by atoms with Crippen molar-refractivity contribution >= 4 is 21.4 Å². The Bertz CT molecular complexity index is 948. The van der Waals surface area contributed by atoms with Gasteiger partial charge in [-0.05, 0) is 55.3 Å². The molecule has 0 saturated heterocycles. The summed E-state index contributed by atoms with van der Waals surface area (Å²) in [6.45, 7) is 4.46. The van der Waals surface area contributed by atoms with E-state index in [-0.39, 0.29) is 11.7 Å². The first-order valence-corrected chi connectivity index (χ1v) is 10.7. The number of hydrogen-bond acceptors (Lipinski definition) is 4. The maximum Gasteiger partial charge on any atom is 0.258 e. The van der Waals surface area contributed by atoms with Crippen LogP contribution in [-0.4, -0.2) is 32.7 Å². The maximum absolute atomic E-state index is 13.3. The molecule has 1 amide bonds. The van der Waals surface area contributed by atoms with Crippen LogP contribution in [0.1, 0.15) is 29.8 Å². The number of carbonyl (C=O) groups excluding carboxylic acids is 1. The van der Waals surface area contributed by atoms with E-state index in [2.05, 4.69) is 0 Å². The second-order valence-electron chi connectivity index (χ2n) is 6.34. The van der Waals surface area contributed by atoms with Gasteiger partial charge < -0.3 is 9.64 Å². The minimum absolute atomic E-state index is 0.103. The molecule has 0 saturated carbocycles. The van der Waals surface area contributed by atoms with Crippen molar-refractivity contribution in [1.29, 1.82) is 0 Å². The highest BCUT2D eigenvalue weighted by Crippen LogP contribution is 2.29. The van der Waals surface area contributed by atoms with Crippen molar-refractivity contribution in [3.63, 3.8) is 0 Å². The van der Waals surface area contributed by atoms with Crippen molar-refractivity contribution in [2.75, 3.05) is 17.3 Å². The molecule has 0 fully saturated rings. The summed E-state index contributed by atoms with van der Waals surface area (Å²) in [4.78, 5) is 14.9. The molecule has 6 heteroatoms. The van der Waals surface area contributed by atoms with Crippen molar-refractivity contribution in [1.82, 2.24) is 0 Å². The number of nitrogens with zero attached hydrogens (tertiary/aromatic N) is 1. The largest absolute Gasteiger partial charge is 0.494 e. The van der Waals surface area contributed by atoms with Gasteiger partial charge in [-0.1, -0.05) is 25.1 Å². The van der Waals surface area contributed by atoms with Crippen LogP contribution in [0.4, 0.5) is 5.69 Å². The van der Waals surface area contributed by atoms with Gasteiger partial charge in [0, 0.05) is 16.7 Å². The zero-order valence-electron chi connectivity index (χ0n) is 15.5. The van der Waals surface area contributed by atoms with Gasteiger partial charge in [0.05, 0.1) is 18.4 Å². The van der Waals surface area contributed by atoms with Gasteiger partial charge in [0.15, 0.2) is 9.84 Å². The van der Waals surface area contributed by atoms with Gasteiger partial charge in [0.2, 0.25) is 0 Å². The number of aryl methyl sites for hydroxylation is 1. The first-order valence-electron chi connectivity index (χ1n) is 9.00. The van der Waals surface area contributed by atoms with Gasteiger partial charge in [-0.25, -0.2) is 8.42 Å². The molecule has 0 radical (unpaired) electrons. The summed E-state index contributed by atoms with van der Waals surface area (Å²) >= 11 is 0. The number of para-hydroxylation sites is 1. The van der Waals surface area contributed by atoms with Crippen LogP contribution in [0.2, 0.25) is 0 Å². The number of rotatable bonds is 6. The van der Waals surface area contributed by atoms with Crippen molar-refractivity contribution < 1.29 is 17.9 Å². The third kappa shape index (κ3) is 4.22. The van der Waals surface area contributed by atoms with Crippen LogP contribution < -0.4 is 9.64 Å². The normalized spacial score (nSPS) is 17.6. The maximum atomic E-state index is 13.3. The zero-order chi connectivity index (χ0) is 19.4. The highest BCUT2D eigenvalue weighted by molar-refractivity contribution is 7.94. The van der Waals surface area contributed by atoms with Gasteiger partial charge in [0.1, 0.15) is 5.75 Å². The van der Waals surface area contributed by atoms with Crippen molar-refractivity contribution in [2.45, 2.75) is 26.3 Å². The molecule has 0 bridgehead atoms. The minimum Gasteiger partial charge on any atom is -0.494 e. The molecule has 0 aromatic heterocycles. The smallest absolute Gasteiger partial charge is 0.258 e. The van der Waals surface area contributed by atoms with Crippen molar-refractivity contribution in [3.05, 3.63) is 71.1 Å². The van der Waals surface area contributed by atoms with Crippen LogP contribution >= 0.6 is 0 Å². The van der Waals surface area contributed by atoms with Crippen molar-refractivity contribution in [2.24, 2.45) is 0 Å². The van der Waals surface area contributed by atoms with Gasteiger partial charge in [-0.3, -0.25) is 4.79 Å². The Morgan fingerprint density at radius 2 is 1.81 bits per heavy atom. The highest BCUT2D eigenvalue weighted by Gasteiger charge is 2.32. The molecule has 2 aromatic rings. The summed E-state index contributed by atoms with van der Waals surface area (Å²) in [7, 11) is -3.29. The predicted octanol–water partition coefficient (Wildman–Crippen LogP) is 3.61. The molecule has 0 N–H and O–H groups in total. The lowest BCUT2D eigenvalue weighted by molar-refractivity contribution is 0.0983. The first-order chi connectivity index (χ1) is 12.9. The third-order valence-electron chi connectivity index (χ3n) is 4.51. The number of ether oxygens (including phenoxy) is 1. The molecular weight excluding hydrogens is 362 g/mol. The van der Waals surface area contributed by atoms with Gasteiger partial charge >= 0.3 is 0 Å². The number of amides is 1. The Morgan fingerprint density at radius 3 is 2.41 bits per heavy atom. The average Bonchev–Trinajstić information content (AvgIpc) is 3.02. The molecule has 3 rings (SSSR count). The van der Waals surface area contributed by atoms with Crippen LogP contribution in [0.5, 0.6) is 5.75 Å². The van der Waals surface area contributed by atoms with E-state index in [0.29, 0.717) is 17.9 Å². The molecule has 1 atom stereocenters. The summed E-state index contributed by atoms with van der Waals surface area (Å²) in [6, 6.07) is 14.0. The Labute approximate surface area is 160 Å². The second-order valence-corrected chi connectivity index (χ2v) is 8.27. The fourth-order valence-electron chi connectivity index (χ4n) is 3.20. The lowest BCUT2D eigenvalue weighted by Gasteiger charge is -2.29. The molecule has 142 valence electrons. The van der Waals surface area contributed by atoms with E-state index in [1.54, 1.807) is 35.2 Å². The average molecular weight is 385 g/mol. The van der Waals surface area contributed by atoms with Gasteiger partial charge in [-0.15, -0.1) is 0 Å². The standard InChI is InChI=1S/C21H23NO4S/c1-3-16-7-5-6-8-20(16)22(18-13-14-27(24,25)15-18)21(23)17-9-11-19(12-10-17)26-4-2/h5-14,18H,3-4,15H2,1-2H3. The fraction of sp³-hybridized carbons (Fsp3) is 0.286. The minimum atomic E-state index is -3.29. The fourth-order valence-corrected chi connectivity index (χ4v) is 4.47. The van der Waals surface area contributed by atoms with Crippen LogP contribution in [0.3, 0.4) is 0 Å². The zero-order valence-corrected chi connectivity index (χ0v) is 16.3. The highest BCUT2D eigenvalue weighted by atomic mass is 32.2. The Kier molecular flexibility index (Phi) is 5.65. The molecule has 5 nitrogen and oxygen atoms in total. The quantitative estimate of drug-likeness (QED) is 0.762. The first kappa shape index (κ1) is 19.2. The predicted molar refractivity (Wildman–Crippen MR) is 107 cm³/mol. The second kappa shape index (κ2) is 7.96. The number of sulfone groups is 1. The van der Waals surface area contributed by atoms with Gasteiger partial charge in [0.25, 0.3) is 5.91 Å². The SMILES string of the molecule is CCOc1ccc(C(=O)N(c2ccccc2CC)C2C=CS(=O)(=O)C2)cc1. The molecule has 1 unspecified atom stereocenters. The Hall–Kier alpha value is -2.60. The van der Waals surface area contributed by atoms with E-state index in [4.69, 9.17) is 4.74 Å². The number of hydrogen-bond donors (Lipinski definition) is 0. The molecule has 0 aliphatic carbocycles. The summed E-state index contributed by atoms with van der Waals surface area (Å²) in [6.07, 6.45) is 2.33. The van der Waals surface area contributed by atoms with Crippen molar-refractivity contribution in [3.8, 4) is 5.75 Å². The lowest BCUT2D eigenvalue weighted by Crippen LogP contribution is -2.41. The van der Waals surface area contributed by atoms with E-state index < -0.39 is 15.9 Å². The third-order valence-corrected chi connectivity index (χ3v) is 5.88.